The zero-order chi connectivity index (χ0) is 12.3. The van der Waals surface area contributed by atoms with Gasteiger partial charge in [-0.15, -0.1) is 0 Å². The summed E-state index contributed by atoms with van der Waals surface area (Å²) in [6.07, 6.45) is 3.04. The van der Waals surface area contributed by atoms with E-state index < -0.39 is 5.41 Å². The molecule has 92 valence electrons. The van der Waals surface area contributed by atoms with Crippen LogP contribution in [0.3, 0.4) is 0 Å². The lowest BCUT2D eigenvalue weighted by atomic mass is 9.74. The van der Waals surface area contributed by atoms with Crippen molar-refractivity contribution in [3.63, 3.8) is 0 Å². The third-order valence-electron chi connectivity index (χ3n) is 3.29. The van der Waals surface area contributed by atoms with Crippen molar-refractivity contribution in [2.45, 2.75) is 18.3 Å². The maximum absolute atomic E-state index is 12.1. The number of aromatic nitrogens is 1. The van der Waals surface area contributed by atoms with Crippen LogP contribution in [0.5, 0.6) is 0 Å². The molecule has 0 spiro atoms. The smallest absolute Gasteiger partial charge is 0.230 e. The molecular formula is C12H15ClN2O2. The number of carbonyl (C=O) groups is 1. The molecule has 1 aliphatic rings. The van der Waals surface area contributed by atoms with Crippen LogP contribution in [0.2, 0.25) is 5.15 Å². The lowest BCUT2D eigenvalue weighted by Gasteiger charge is -2.35. The van der Waals surface area contributed by atoms with Crippen LogP contribution in [-0.2, 0) is 14.9 Å². The van der Waals surface area contributed by atoms with Gasteiger partial charge in [0.1, 0.15) is 5.15 Å². The number of hydrogen-bond acceptors (Lipinski definition) is 3. The number of carbonyl (C=O) groups excluding carboxylic acids is 1. The number of amides is 1. The molecule has 0 bridgehead atoms. The Morgan fingerprint density at radius 1 is 1.47 bits per heavy atom. The van der Waals surface area contributed by atoms with Crippen LogP contribution in [0.1, 0.15) is 18.4 Å². The van der Waals surface area contributed by atoms with Crippen molar-refractivity contribution in [1.82, 2.24) is 10.3 Å². The Hall–Kier alpha value is -1.13. The van der Waals surface area contributed by atoms with Crippen molar-refractivity contribution in [2.24, 2.45) is 0 Å². The number of nitrogens with one attached hydrogen (secondary N) is 1. The minimum Gasteiger partial charge on any atom is -0.381 e. The Kier molecular flexibility index (Phi) is 3.64. The first kappa shape index (κ1) is 12.3. The molecule has 0 unspecified atom stereocenters. The summed E-state index contributed by atoms with van der Waals surface area (Å²) in [6.45, 7) is 1.19. The Labute approximate surface area is 105 Å². The van der Waals surface area contributed by atoms with Crippen molar-refractivity contribution in [2.75, 3.05) is 20.3 Å². The fraction of sp³-hybridized carbons (Fsp3) is 0.500. The molecule has 1 saturated heterocycles. The molecule has 1 N–H and O–H groups in total. The van der Waals surface area contributed by atoms with Gasteiger partial charge in [0.25, 0.3) is 0 Å². The molecular weight excluding hydrogens is 240 g/mol. The quantitative estimate of drug-likeness (QED) is 0.815. The molecule has 5 heteroatoms. The Morgan fingerprint density at radius 2 is 2.18 bits per heavy atom. The lowest BCUT2D eigenvalue weighted by molar-refractivity contribution is -0.130. The maximum atomic E-state index is 12.1. The first-order chi connectivity index (χ1) is 8.19. The largest absolute Gasteiger partial charge is 0.381 e. The van der Waals surface area contributed by atoms with Gasteiger partial charge in [-0.1, -0.05) is 17.7 Å². The molecule has 4 nitrogen and oxygen atoms in total. The van der Waals surface area contributed by atoms with Crippen molar-refractivity contribution >= 4 is 17.5 Å². The number of halogens is 1. The summed E-state index contributed by atoms with van der Waals surface area (Å²) in [7, 11) is 1.66. The second kappa shape index (κ2) is 5.02. The van der Waals surface area contributed by atoms with Gasteiger partial charge in [-0.25, -0.2) is 4.98 Å². The fourth-order valence-electron chi connectivity index (χ4n) is 2.26. The average Bonchev–Trinajstić information content (AvgIpc) is 2.39. The van der Waals surface area contributed by atoms with Gasteiger partial charge in [-0.3, -0.25) is 4.79 Å². The normalized spacial score (nSPS) is 18.7. The Balaban J connectivity index is 2.38. The SMILES string of the molecule is CNC(=O)C1(c2ccc(Cl)nc2)CCOCC1. The summed E-state index contributed by atoms with van der Waals surface area (Å²) in [5.74, 6) is 0.0184. The average molecular weight is 255 g/mol. The molecule has 1 aromatic rings. The van der Waals surface area contributed by atoms with E-state index in [1.807, 2.05) is 6.07 Å². The highest BCUT2D eigenvalue weighted by Crippen LogP contribution is 2.35. The molecule has 0 radical (unpaired) electrons. The van der Waals surface area contributed by atoms with Gasteiger partial charge < -0.3 is 10.1 Å². The first-order valence-electron chi connectivity index (χ1n) is 5.61. The number of rotatable bonds is 2. The molecule has 1 amide bonds. The van der Waals surface area contributed by atoms with E-state index in [-0.39, 0.29) is 5.91 Å². The van der Waals surface area contributed by atoms with Crippen LogP contribution in [0.4, 0.5) is 0 Å². The van der Waals surface area contributed by atoms with Crippen LogP contribution in [0.25, 0.3) is 0 Å². The van der Waals surface area contributed by atoms with Gasteiger partial charge in [0, 0.05) is 26.5 Å². The van der Waals surface area contributed by atoms with Crippen LogP contribution < -0.4 is 5.32 Å². The van der Waals surface area contributed by atoms with E-state index in [1.54, 1.807) is 19.3 Å². The summed E-state index contributed by atoms with van der Waals surface area (Å²) in [6, 6.07) is 3.59. The minimum atomic E-state index is -0.523. The molecule has 0 aliphatic carbocycles. The van der Waals surface area contributed by atoms with E-state index in [4.69, 9.17) is 16.3 Å². The fourth-order valence-corrected chi connectivity index (χ4v) is 2.38. The number of nitrogens with zero attached hydrogens (tertiary/aromatic N) is 1. The van der Waals surface area contributed by atoms with E-state index in [1.165, 1.54) is 0 Å². The van der Waals surface area contributed by atoms with Crippen molar-refractivity contribution in [1.29, 1.82) is 0 Å². The Morgan fingerprint density at radius 3 is 2.71 bits per heavy atom. The Bertz CT molecular complexity index is 399. The predicted octanol–water partition coefficient (Wildman–Crippen LogP) is 1.53. The molecule has 0 aromatic carbocycles. The van der Waals surface area contributed by atoms with Gasteiger partial charge in [0.05, 0.1) is 5.41 Å². The topological polar surface area (TPSA) is 51.2 Å². The van der Waals surface area contributed by atoms with E-state index in [9.17, 15) is 4.79 Å². The van der Waals surface area contributed by atoms with E-state index in [0.29, 0.717) is 31.2 Å². The van der Waals surface area contributed by atoms with Gasteiger partial charge in [-0.05, 0) is 24.5 Å². The first-order valence-corrected chi connectivity index (χ1v) is 5.99. The summed E-state index contributed by atoms with van der Waals surface area (Å²) < 4.78 is 5.34. The van der Waals surface area contributed by atoms with Crippen LogP contribution in [-0.4, -0.2) is 31.2 Å². The summed E-state index contributed by atoms with van der Waals surface area (Å²) in [5, 5.41) is 3.17. The summed E-state index contributed by atoms with van der Waals surface area (Å²) in [4.78, 5) is 16.2. The minimum absolute atomic E-state index is 0.0184. The molecule has 0 saturated carbocycles. The number of pyridine rings is 1. The number of likely N-dealkylation sites (N-methyl/N-ethyl adjacent to an activating group) is 1. The van der Waals surface area contributed by atoms with Crippen LogP contribution in [0, 0.1) is 0 Å². The maximum Gasteiger partial charge on any atom is 0.230 e. The molecule has 17 heavy (non-hydrogen) atoms. The monoisotopic (exact) mass is 254 g/mol. The summed E-state index contributed by atoms with van der Waals surface area (Å²) >= 11 is 5.77. The second-order valence-electron chi connectivity index (χ2n) is 4.14. The van der Waals surface area contributed by atoms with Crippen molar-refractivity contribution in [3.8, 4) is 0 Å². The lowest BCUT2D eigenvalue weighted by Crippen LogP contribution is -2.46. The predicted molar refractivity (Wildman–Crippen MR) is 65.0 cm³/mol. The highest BCUT2D eigenvalue weighted by Gasteiger charge is 2.41. The molecule has 1 aliphatic heterocycles. The second-order valence-corrected chi connectivity index (χ2v) is 4.53. The van der Waals surface area contributed by atoms with Gasteiger partial charge >= 0.3 is 0 Å². The molecule has 2 rings (SSSR count). The molecule has 0 atom stereocenters. The highest BCUT2D eigenvalue weighted by atomic mass is 35.5. The zero-order valence-corrected chi connectivity index (χ0v) is 10.5. The third kappa shape index (κ3) is 2.28. The van der Waals surface area contributed by atoms with E-state index >= 15 is 0 Å². The van der Waals surface area contributed by atoms with E-state index in [2.05, 4.69) is 10.3 Å². The van der Waals surface area contributed by atoms with Gasteiger partial charge in [-0.2, -0.15) is 0 Å². The molecule has 1 fully saturated rings. The van der Waals surface area contributed by atoms with Gasteiger partial charge in [0.2, 0.25) is 5.91 Å². The van der Waals surface area contributed by atoms with Crippen molar-refractivity contribution < 1.29 is 9.53 Å². The molecule has 2 heterocycles. The van der Waals surface area contributed by atoms with Gasteiger partial charge in [0.15, 0.2) is 0 Å². The number of ether oxygens (including phenoxy) is 1. The zero-order valence-electron chi connectivity index (χ0n) is 9.70. The van der Waals surface area contributed by atoms with Crippen LogP contribution >= 0.6 is 11.6 Å². The van der Waals surface area contributed by atoms with Crippen molar-refractivity contribution in [3.05, 3.63) is 29.0 Å². The molecule has 1 aromatic heterocycles. The highest BCUT2D eigenvalue weighted by molar-refractivity contribution is 6.29. The standard InChI is InChI=1S/C12H15ClN2O2/c1-14-11(16)12(4-6-17-7-5-12)9-2-3-10(13)15-8-9/h2-3,8H,4-7H2,1H3,(H,14,16). The third-order valence-corrected chi connectivity index (χ3v) is 3.51. The van der Waals surface area contributed by atoms with E-state index in [0.717, 1.165) is 5.56 Å². The summed E-state index contributed by atoms with van der Waals surface area (Å²) in [5.41, 5.74) is 0.384. The van der Waals surface area contributed by atoms with Crippen LogP contribution in [0.15, 0.2) is 18.3 Å². The number of hydrogen-bond donors (Lipinski definition) is 1.